The molecule has 1 atom stereocenters. The lowest BCUT2D eigenvalue weighted by Crippen LogP contribution is -2.39. The number of aryl methyl sites for hydroxylation is 1. The highest BCUT2D eigenvalue weighted by molar-refractivity contribution is 5.97. The van der Waals surface area contributed by atoms with Gasteiger partial charge in [-0.15, -0.1) is 0 Å². The van der Waals surface area contributed by atoms with Crippen molar-refractivity contribution in [2.45, 2.75) is 19.4 Å². The molecule has 0 radical (unpaired) electrons. The lowest BCUT2D eigenvalue weighted by molar-refractivity contribution is -0.123. The third kappa shape index (κ3) is 3.63. The first-order valence-corrected chi connectivity index (χ1v) is 6.28. The topological polar surface area (TPSA) is 129 Å². The Balaban J connectivity index is 2.04. The van der Waals surface area contributed by atoms with Gasteiger partial charge < -0.3 is 16.8 Å². The van der Waals surface area contributed by atoms with E-state index in [1.54, 1.807) is 24.5 Å². The third-order valence-corrected chi connectivity index (χ3v) is 2.85. The van der Waals surface area contributed by atoms with Gasteiger partial charge in [-0.25, -0.2) is 9.97 Å². The van der Waals surface area contributed by atoms with Gasteiger partial charge in [0.25, 0.3) is 0 Å². The van der Waals surface area contributed by atoms with E-state index < -0.39 is 17.9 Å². The lowest BCUT2D eigenvalue weighted by Gasteiger charge is -2.11. The summed E-state index contributed by atoms with van der Waals surface area (Å²) in [6.45, 7) is 1.86. The molecule has 2 heterocycles. The number of carbonyl (C=O) groups is 2. The van der Waals surface area contributed by atoms with E-state index in [1.165, 1.54) is 6.20 Å². The van der Waals surface area contributed by atoms with Crippen LogP contribution in [0.2, 0.25) is 0 Å². The predicted octanol–water partition coefficient (Wildman–Crippen LogP) is -0.283. The molecule has 0 saturated carbocycles. The molecule has 2 aromatic rings. The van der Waals surface area contributed by atoms with Gasteiger partial charge in [-0.2, -0.15) is 0 Å². The summed E-state index contributed by atoms with van der Waals surface area (Å²) >= 11 is 0. The fraction of sp³-hybridized carbons (Fsp3) is 0.231. The SMILES string of the molecule is Cc1nccn1-c1ccc(NC(=O)C(N)CC(N)=O)cn1. The number of nitrogens with two attached hydrogens (primary N) is 2. The van der Waals surface area contributed by atoms with E-state index in [9.17, 15) is 9.59 Å². The number of rotatable bonds is 5. The van der Waals surface area contributed by atoms with Crippen molar-refractivity contribution >= 4 is 17.5 Å². The molecule has 0 aromatic carbocycles. The Morgan fingerprint density at radius 2 is 2.14 bits per heavy atom. The first kappa shape index (κ1) is 14.7. The fourth-order valence-electron chi connectivity index (χ4n) is 1.77. The maximum atomic E-state index is 11.7. The summed E-state index contributed by atoms with van der Waals surface area (Å²) in [5, 5.41) is 2.58. The van der Waals surface area contributed by atoms with Crippen LogP contribution in [0.3, 0.4) is 0 Å². The zero-order valence-corrected chi connectivity index (χ0v) is 11.5. The molecular formula is C13H16N6O2. The number of anilines is 1. The molecule has 8 heteroatoms. The quantitative estimate of drug-likeness (QED) is 0.696. The molecule has 110 valence electrons. The molecule has 2 amide bonds. The van der Waals surface area contributed by atoms with Gasteiger partial charge in [0.1, 0.15) is 11.6 Å². The number of pyridine rings is 1. The van der Waals surface area contributed by atoms with Crippen molar-refractivity contribution in [1.82, 2.24) is 14.5 Å². The average Bonchev–Trinajstić information content (AvgIpc) is 2.85. The molecule has 2 rings (SSSR count). The smallest absolute Gasteiger partial charge is 0.241 e. The minimum Gasteiger partial charge on any atom is -0.370 e. The van der Waals surface area contributed by atoms with Crippen LogP contribution >= 0.6 is 0 Å². The average molecular weight is 288 g/mol. The van der Waals surface area contributed by atoms with Crippen LogP contribution in [0.1, 0.15) is 12.2 Å². The van der Waals surface area contributed by atoms with Gasteiger partial charge in [0.15, 0.2) is 0 Å². The Kier molecular flexibility index (Phi) is 4.29. The molecule has 0 saturated heterocycles. The van der Waals surface area contributed by atoms with E-state index in [0.29, 0.717) is 11.5 Å². The number of nitrogens with zero attached hydrogens (tertiary/aromatic N) is 3. The van der Waals surface area contributed by atoms with Gasteiger partial charge >= 0.3 is 0 Å². The summed E-state index contributed by atoms with van der Waals surface area (Å²) < 4.78 is 1.81. The summed E-state index contributed by atoms with van der Waals surface area (Å²) in [6, 6.07) is 2.46. The Morgan fingerprint density at radius 1 is 1.38 bits per heavy atom. The summed E-state index contributed by atoms with van der Waals surface area (Å²) in [5.41, 5.74) is 11.0. The Labute approximate surface area is 121 Å². The molecule has 5 N–H and O–H groups in total. The van der Waals surface area contributed by atoms with E-state index in [0.717, 1.165) is 5.82 Å². The van der Waals surface area contributed by atoms with Crippen molar-refractivity contribution in [2.24, 2.45) is 11.5 Å². The summed E-state index contributed by atoms with van der Waals surface area (Å²) in [4.78, 5) is 30.8. The van der Waals surface area contributed by atoms with Gasteiger partial charge in [-0.3, -0.25) is 14.2 Å². The molecular weight excluding hydrogens is 272 g/mol. The number of hydrogen-bond acceptors (Lipinski definition) is 5. The Bertz CT molecular complexity index is 649. The van der Waals surface area contributed by atoms with Crippen molar-refractivity contribution in [1.29, 1.82) is 0 Å². The van der Waals surface area contributed by atoms with E-state index in [2.05, 4.69) is 15.3 Å². The maximum absolute atomic E-state index is 11.7. The summed E-state index contributed by atoms with van der Waals surface area (Å²) in [7, 11) is 0. The number of nitrogens with one attached hydrogen (secondary N) is 1. The molecule has 0 aliphatic carbocycles. The third-order valence-electron chi connectivity index (χ3n) is 2.85. The fourth-order valence-corrected chi connectivity index (χ4v) is 1.77. The number of amides is 2. The number of carbonyl (C=O) groups excluding carboxylic acids is 2. The Hall–Kier alpha value is -2.74. The normalized spacial score (nSPS) is 11.9. The predicted molar refractivity (Wildman–Crippen MR) is 76.5 cm³/mol. The van der Waals surface area contributed by atoms with E-state index in [-0.39, 0.29) is 6.42 Å². The summed E-state index contributed by atoms with van der Waals surface area (Å²) in [5.74, 6) is 0.385. The van der Waals surface area contributed by atoms with Crippen LogP contribution in [0.25, 0.3) is 5.82 Å². The van der Waals surface area contributed by atoms with Gasteiger partial charge in [0, 0.05) is 12.4 Å². The van der Waals surface area contributed by atoms with Gasteiger partial charge in [0.05, 0.1) is 24.3 Å². The molecule has 0 spiro atoms. The Morgan fingerprint density at radius 3 is 2.67 bits per heavy atom. The minimum atomic E-state index is -0.974. The van der Waals surface area contributed by atoms with Crippen LogP contribution < -0.4 is 16.8 Å². The molecule has 2 aromatic heterocycles. The second-order valence-corrected chi connectivity index (χ2v) is 4.52. The number of aromatic nitrogens is 3. The van der Waals surface area contributed by atoms with Crippen molar-refractivity contribution < 1.29 is 9.59 Å². The van der Waals surface area contributed by atoms with Gasteiger partial charge in [-0.1, -0.05) is 0 Å². The standard InChI is InChI=1S/C13H16N6O2/c1-8-16-4-5-19(8)12-3-2-9(7-17-12)18-13(21)10(14)6-11(15)20/h2-5,7,10H,6,14H2,1H3,(H2,15,20)(H,18,21). The number of primary amides is 1. The minimum absolute atomic E-state index is 0.203. The van der Waals surface area contributed by atoms with E-state index in [4.69, 9.17) is 11.5 Å². The van der Waals surface area contributed by atoms with Crippen LogP contribution in [0.15, 0.2) is 30.7 Å². The van der Waals surface area contributed by atoms with Crippen molar-refractivity contribution in [2.75, 3.05) is 5.32 Å². The molecule has 0 bridgehead atoms. The van der Waals surface area contributed by atoms with Crippen LogP contribution in [-0.4, -0.2) is 32.4 Å². The second-order valence-electron chi connectivity index (χ2n) is 4.52. The van der Waals surface area contributed by atoms with Crippen molar-refractivity contribution in [3.8, 4) is 5.82 Å². The number of hydrogen-bond donors (Lipinski definition) is 3. The van der Waals surface area contributed by atoms with E-state index >= 15 is 0 Å². The van der Waals surface area contributed by atoms with Crippen LogP contribution in [-0.2, 0) is 9.59 Å². The highest BCUT2D eigenvalue weighted by Gasteiger charge is 2.16. The van der Waals surface area contributed by atoms with Crippen LogP contribution in [0.4, 0.5) is 5.69 Å². The number of imidazole rings is 1. The highest BCUT2D eigenvalue weighted by atomic mass is 16.2. The lowest BCUT2D eigenvalue weighted by atomic mass is 10.2. The molecule has 8 nitrogen and oxygen atoms in total. The van der Waals surface area contributed by atoms with Gasteiger partial charge in [0.2, 0.25) is 11.8 Å². The second kappa shape index (κ2) is 6.14. The molecule has 1 unspecified atom stereocenters. The first-order chi connectivity index (χ1) is 9.97. The van der Waals surface area contributed by atoms with Crippen LogP contribution in [0, 0.1) is 6.92 Å². The molecule has 21 heavy (non-hydrogen) atoms. The molecule has 0 fully saturated rings. The molecule has 0 aliphatic rings. The zero-order valence-electron chi connectivity index (χ0n) is 11.5. The monoisotopic (exact) mass is 288 g/mol. The van der Waals surface area contributed by atoms with Crippen LogP contribution in [0.5, 0.6) is 0 Å². The van der Waals surface area contributed by atoms with Crippen molar-refractivity contribution in [3.05, 3.63) is 36.5 Å². The maximum Gasteiger partial charge on any atom is 0.241 e. The first-order valence-electron chi connectivity index (χ1n) is 6.28. The van der Waals surface area contributed by atoms with Gasteiger partial charge in [-0.05, 0) is 19.1 Å². The molecule has 0 aliphatic heterocycles. The highest BCUT2D eigenvalue weighted by Crippen LogP contribution is 2.11. The largest absolute Gasteiger partial charge is 0.370 e. The van der Waals surface area contributed by atoms with E-state index in [1.807, 2.05) is 11.5 Å². The van der Waals surface area contributed by atoms with Crippen molar-refractivity contribution in [3.63, 3.8) is 0 Å². The summed E-state index contributed by atoms with van der Waals surface area (Å²) in [6.07, 6.45) is 4.77. The zero-order chi connectivity index (χ0) is 15.4.